The van der Waals surface area contributed by atoms with E-state index in [2.05, 4.69) is 44.0 Å². The Labute approximate surface area is 120 Å². The topological polar surface area (TPSA) is 33.1 Å². The third kappa shape index (κ3) is 3.32. The van der Waals surface area contributed by atoms with Gasteiger partial charge in [-0.1, -0.05) is 0 Å². The molecule has 1 fully saturated rings. The number of anilines is 2. The largest absolute Gasteiger partial charge is 0.385 e. The molecule has 3 rings (SSSR count). The van der Waals surface area contributed by atoms with Crippen molar-refractivity contribution >= 4 is 11.4 Å². The van der Waals surface area contributed by atoms with Crippen molar-refractivity contribution in [3.63, 3.8) is 0 Å². The van der Waals surface area contributed by atoms with Gasteiger partial charge in [0.2, 0.25) is 0 Å². The molecule has 0 unspecified atom stereocenters. The van der Waals surface area contributed by atoms with Gasteiger partial charge in [-0.25, -0.2) is 4.98 Å². The molecule has 1 aliphatic rings. The van der Waals surface area contributed by atoms with Gasteiger partial charge in [0, 0.05) is 49.9 Å². The summed E-state index contributed by atoms with van der Waals surface area (Å²) in [7, 11) is 0. The van der Waals surface area contributed by atoms with E-state index in [-0.39, 0.29) is 0 Å². The molecule has 0 saturated carbocycles. The Morgan fingerprint density at radius 1 is 1.10 bits per heavy atom. The van der Waals surface area contributed by atoms with Gasteiger partial charge in [-0.15, -0.1) is 0 Å². The standard InChI is InChI=1S/C16H22N4/c1-2-12-20(11-1)16-6-4-15(5-7-16)18-8-3-10-19-13-9-17-14-19/h4-7,9,13-14,18H,1-3,8,10-12H2. The number of benzene rings is 1. The minimum atomic E-state index is 0.987. The molecule has 1 N–H and O–H groups in total. The molecule has 0 aliphatic carbocycles. The van der Waals surface area contributed by atoms with Crippen LogP contribution >= 0.6 is 0 Å². The first-order valence-electron chi connectivity index (χ1n) is 7.46. The Balaban J connectivity index is 1.43. The second kappa shape index (κ2) is 6.46. The zero-order valence-electron chi connectivity index (χ0n) is 11.8. The summed E-state index contributed by atoms with van der Waals surface area (Å²) in [5.41, 5.74) is 2.56. The minimum absolute atomic E-state index is 0.987. The number of hydrogen-bond acceptors (Lipinski definition) is 3. The lowest BCUT2D eigenvalue weighted by Crippen LogP contribution is -2.17. The molecule has 4 heteroatoms. The van der Waals surface area contributed by atoms with Gasteiger partial charge in [-0.2, -0.15) is 0 Å². The molecule has 0 radical (unpaired) electrons. The number of nitrogens with zero attached hydrogens (tertiary/aromatic N) is 3. The Kier molecular flexibility index (Phi) is 4.21. The third-order valence-corrected chi connectivity index (χ3v) is 3.82. The van der Waals surface area contributed by atoms with E-state index in [1.807, 2.05) is 18.7 Å². The zero-order chi connectivity index (χ0) is 13.6. The Morgan fingerprint density at radius 2 is 1.90 bits per heavy atom. The highest BCUT2D eigenvalue weighted by Gasteiger charge is 2.11. The first-order chi connectivity index (χ1) is 9.92. The first-order valence-corrected chi connectivity index (χ1v) is 7.46. The smallest absolute Gasteiger partial charge is 0.0945 e. The van der Waals surface area contributed by atoms with Crippen LogP contribution in [0, 0.1) is 0 Å². The van der Waals surface area contributed by atoms with Gasteiger partial charge in [0.25, 0.3) is 0 Å². The van der Waals surface area contributed by atoms with E-state index in [4.69, 9.17) is 0 Å². The van der Waals surface area contributed by atoms with Crippen LogP contribution in [0.2, 0.25) is 0 Å². The van der Waals surface area contributed by atoms with Gasteiger partial charge in [-0.05, 0) is 43.5 Å². The zero-order valence-corrected chi connectivity index (χ0v) is 11.8. The molecule has 1 aromatic heterocycles. The van der Waals surface area contributed by atoms with E-state index in [1.54, 1.807) is 0 Å². The summed E-state index contributed by atoms with van der Waals surface area (Å²) in [4.78, 5) is 6.51. The van der Waals surface area contributed by atoms with E-state index >= 15 is 0 Å². The van der Waals surface area contributed by atoms with Gasteiger partial charge in [0.05, 0.1) is 6.33 Å². The molecule has 20 heavy (non-hydrogen) atoms. The molecule has 1 aromatic carbocycles. The summed E-state index contributed by atoms with van der Waals surface area (Å²) < 4.78 is 2.11. The van der Waals surface area contributed by atoms with Gasteiger partial charge in [-0.3, -0.25) is 0 Å². The molecule has 106 valence electrons. The van der Waals surface area contributed by atoms with E-state index in [0.29, 0.717) is 0 Å². The predicted octanol–water partition coefficient (Wildman–Crippen LogP) is 2.99. The van der Waals surface area contributed by atoms with Gasteiger partial charge < -0.3 is 14.8 Å². The molecule has 1 saturated heterocycles. The quantitative estimate of drug-likeness (QED) is 0.819. The number of hydrogen-bond donors (Lipinski definition) is 1. The van der Waals surface area contributed by atoms with E-state index in [0.717, 1.165) is 19.5 Å². The van der Waals surface area contributed by atoms with Gasteiger partial charge in [0.15, 0.2) is 0 Å². The first kappa shape index (κ1) is 13.0. The summed E-state index contributed by atoms with van der Waals surface area (Å²) >= 11 is 0. The van der Waals surface area contributed by atoms with Gasteiger partial charge >= 0.3 is 0 Å². The summed E-state index contributed by atoms with van der Waals surface area (Å²) in [6.07, 6.45) is 9.45. The second-order valence-electron chi connectivity index (χ2n) is 5.32. The van der Waals surface area contributed by atoms with Crippen LogP contribution in [0.1, 0.15) is 19.3 Å². The van der Waals surface area contributed by atoms with Crippen molar-refractivity contribution in [2.75, 3.05) is 29.9 Å². The van der Waals surface area contributed by atoms with Crippen molar-refractivity contribution in [3.8, 4) is 0 Å². The molecule has 0 amide bonds. The van der Waals surface area contributed by atoms with Crippen LogP contribution in [0.3, 0.4) is 0 Å². The predicted molar refractivity (Wildman–Crippen MR) is 83.2 cm³/mol. The van der Waals surface area contributed by atoms with Crippen LogP contribution in [0.25, 0.3) is 0 Å². The summed E-state index contributed by atoms with van der Waals surface area (Å²) in [5, 5.41) is 3.47. The van der Waals surface area contributed by atoms with E-state index in [1.165, 1.54) is 37.3 Å². The molecule has 0 atom stereocenters. The Bertz CT molecular complexity index is 498. The molecule has 2 aromatic rings. The maximum absolute atomic E-state index is 4.04. The lowest BCUT2D eigenvalue weighted by molar-refractivity contribution is 0.661. The molecular weight excluding hydrogens is 248 g/mol. The van der Waals surface area contributed by atoms with Crippen LogP contribution in [0.4, 0.5) is 11.4 Å². The minimum Gasteiger partial charge on any atom is -0.385 e. The highest BCUT2D eigenvalue weighted by molar-refractivity contribution is 5.55. The van der Waals surface area contributed by atoms with Crippen LogP contribution in [-0.2, 0) is 6.54 Å². The highest BCUT2D eigenvalue weighted by Crippen LogP contribution is 2.21. The SMILES string of the molecule is c1cn(CCCNc2ccc(N3CCCC3)cc2)cn1. The highest BCUT2D eigenvalue weighted by atomic mass is 15.1. The van der Waals surface area contributed by atoms with Crippen molar-refractivity contribution < 1.29 is 0 Å². The van der Waals surface area contributed by atoms with E-state index in [9.17, 15) is 0 Å². The fraction of sp³-hybridized carbons (Fsp3) is 0.438. The second-order valence-corrected chi connectivity index (χ2v) is 5.32. The van der Waals surface area contributed by atoms with Crippen molar-refractivity contribution in [1.82, 2.24) is 9.55 Å². The van der Waals surface area contributed by atoms with E-state index < -0.39 is 0 Å². The Morgan fingerprint density at radius 3 is 2.60 bits per heavy atom. The average Bonchev–Trinajstić information content (AvgIpc) is 3.17. The number of nitrogens with one attached hydrogen (secondary N) is 1. The Hall–Kier alpha value is -1.97. The summed E-state index contributed by atoms with van der Waals surface area (Å²) in [5.74, 6) is 0. The van der Waals surface area contributed by atoms with Crippen LogP contribution in [-0.4, -0.2) is 29.2 Å². The molecule has 4 nitrogen and oxygen atoms in total. The van der Waals surface area contributed by atoms with Crippen LogP contribution in [0.5, 0.6) is 0 Å². The van der Waals surface area contributed by atoms with Crippen LogP contribution in [0.15, 0.2) is 43.0 Å². The van der Waals surface area contributed by atoms with Gasteiger partial charge in [0.1, 0.15) is 0 Å². The number of imidazole rings is 1. The molecule has 0 bridgehead atoms. The van der Waals surface area contributed by atoms with Crippen LogP contribution < -0.4 is 10.2 Å². The lowest BCUT2D eigenvalue weighted by Gasteiger charge is -2.18. The molecular formula is C16H22N4. The van der Waals surface area contributed by atoms with Crippen molar-refractivity contribution in [2.45, 2.75) is 25.8 Å². The lowest BCUT2D eigenvalue weighted by atomic mass is 10.2. The van der Waals surface area contributed by atoms with Crippen molar-refractivity contribution in [3.05, 3.63) is 43.0 Å². The average molecular weight is 270 g/mol. The number of aryl methyl sites for hydroxylation is 1. The number of rotatable bonds is 6. The van der Waals surface area contributed by atoms with Crippen molar-refractivity contribution in [1.29, 1.82) is 0 Å². The monoisotopic (exact) mass is 270 g/mol. The summed E-state index contributed by atoms with van der Waals surface area (Å²) in [6.45, 7) is 4.41. The molecule has 1 aliphatic heterocycles. The fourth-order valence-corrected chi connectivity index (χ4v) is 2.68. The maximum Gasteiger partial charge on any atom is 0.0945 e. The number of aromatic nitrogens is 2. The summed E-state index contributed by atoms with van der Waals surface area (Å²) in [6, 6.07) is 8.82. The fourth-order valence-electron chi connectivity index (χ4n) is 2.68. The maximum atomic E-state index is 4.04. The molecule has 0 spiro atoms. The molecule has 2 heterocycles. The third-order valence-electron chi connectivity index (χ3n) is 3.82. The van der Waals surface area contributed by atoms with Crippen molar-refractivity contribution in [2.24, 2.45) is 0 Å². The normalized spacial score (nSPS) is 14.7.